The molecule has 6 nitrogen and oxygen atoms in total. The number of ether oxygens (including phenoxy) is 1. The molecule has 0 aliphatic carbocycles. The number of hydrogen-bond donors (Lipinski definition) is 1. The Morgan fingerprint density at radius 1 is 1.62 bits per heavy atom. The third kappa shape index (κ3) is 2.41. The van der Waals surface area contributed by atoms with Crippen molar-refractivity contribution in [1.29, 1.82) is 5.26 Å². The van der Waals surface area contributed by atoms with E-state index in [1.807, 2.05) is 0 Å². The van der Waals surface area contributed by atoms with Gasteiger partial charge in [0.2, 0.25) is 5.88 Å². The summed E-state index contributed by atoms with van der Waals surface area (Å²) in [6, 6.07) is 1.75. The lowest BCUT2D eigenvalue weighted by molar-refractivity contribution is 0.0690. The second-order valence-corrected chi connectivity index (χ2v) is 1.99. The van der Waals surface area contributed by atoms with E-state index in [0.717, 1.165) is 12.4 Å². The summed E-state index contributed by atoms with van der Waals surface area (Å²) in [6.07, 6.45) is 2.22. The quantitative estimate of drug-likeness (QED) is 0.705. The van der Waals surface area contributed by atoms with Crippen LogP contribution >= 0.6 is 0 Å². The Hall–Kier alpha value is -2.16. The number of carboxylic acids is 1. The fourth-order valence-electron chi connectivity index (χ4n) is 0.607. The van der Waals surface area contributed by atoms with Gasteiger partial charge in [-0.2, -0.15) is 5.26 Å². The molecule has 1 heterocycles. The predicted octanol–water partition coefficient (Wildman–Crippen LogP) is 0.0772. The molecule has 1 aromatic heterocycles. The van der Waals surface area contributed by atoms with Crippen LogP contribution in [0.4, 0.5) is 0 Å². The molecule has 1 aromatic rings. The highest BCUT2D eigenvalue weighted by Crippen LogP contribution is 2.03. The van der Waals surface area contributed by atoms with Crippen LogP contribution in [0.3, 0.4) is 0 Å². The molecule has 0 amide bonds. The first-order chi connectivity index (χ1) is 6.24. The lowest BCUT2D eigenvalue weighted by Crippen LogP contribution is -2.02. The number of nitrogens with zero attached hydrogens (tertiary/aromatic N) is 3. The van der Waals surface area contributed by atoms with Gasteiger partial charge in [0, 0.05) is 0 Å². The summed E-state index contributed by atoms with van der Waals surface area (Å²) < 4.78 is 4.76. The molecule has 0 saturated heterocycles. The van der Waals surface area contributed by atoms with Gasteiger partial charge in [0.25, 0.3) is 0 Å². The molecular formula is C7H5N3O3. The van der Waals surface area contributed by atoms with Crippen LogP contribution in [-0.4, -0.2) is 27.7 Å². The molecule has 0 aromatic carbocycles. The van der Waals surface area contributed by atoms with Crippen molar-refractivity contribution in [1.82, 2.24) is 9.97 Å². The molecule has 0 saturated carbocycles. The zero-order valence-electron chi connectivity index (χ0n) is 6.47. The van der Waals surface area contributed by atoms with Crippen molar-refractivity contribution in [2.24, 2.45) is 0 Å². The third-order valence-corrected chi connectivity index (χ3v) is 1.13. The third-order valence-electron chi connectivity index (χ3n) is 1.13. The van der Waals surface area contributed by atoms with E-state index in [1.165, 1.54) is 0 Å². The van der Waals surface area contributed by atoms with Crippen LogP contribution < -0.4 is 4.74 Å². The number of hydrogen-bond acceptors (Lipinski definition) is 5. The predicted molar refractivity (Wildman–Crippen MR) is 40.1 cm³/mol. The van der Waals surface area contributed by atoms with Gasteiger partial charge in [-0.05, 0) is 0 Å². The molecule has 0 fully saturated rings. The Kier molecular flexibility index (Phi) is 2.76. The Morgan fingerprint density at radius 2 is 2.38 bits per heavy atom. The first kappa shape index (κ1) is 8.93. The maximum Gasteiger partial charge on any atom is 0.356 e. The molecule has 0 aliphatic heterocycles. The van der Waals surface area contributed by atoms with Gasteiger partial charge in [0.05, 0.1) is 12.4 Å². The normalized spacial score (nSPS) is 8.85. The van der Waals surface area contributed by atoms with Gasteiger partial charge in [0.1, 0.15) is 6.07 Å². The SMILES string of the molecule is N#CCOc1cnc(C(=O)O)cn1. The highest BCUT2D eigenvalue weighted by molar-refractivity contribution is 5.84. The smallest absolute Gasteiger partial charge is 0.356 e. The summed E-state index contributed by atoms with van der Waals surface area (Å²) in [5.41, 5.74) is -0.163. The highest BCUT2D eigenvalue weighted by atomic mass is 16.5. The van der Waals surface area contributed by atoms with Crippen molar-refractivity contribution >= 4 is 5.97 Å². The molecule has 0 atom stereocenters. The van der Waals surface area contributed by atoms with Crippen LogP contribution in [0.25, 0.3) is 0 Å². The summed E-state index contributed by atoms with van der Waals surface area (Å²) in [6.45, 7) is -0.138. The minimum Gasteiger partial charge on any atom is -0.476 e. The number of aromatic carboxylic acids is 1. The van der Waals surface area contributed by atoms with E-state index in [-0.39, 0.29) is 18.2 Å². The number of carboxylic acid groups (broad SMARTS) is 1. The average Bonchev–Trinajstić information content (AvgIpc) is 2.15. The van der Waals surface area contributed by atoms with Crippen molar-refractivity contribution < 1.29 is 14.6 Å². The molecule has 6 heteroatoms. The lowest BCUT2D eigenvalue weighted by atomic mass is 10.5. The Labute approximate surface area is 73.4 Å². The Morgan fingerprint density at radius 3 is 2.85 bits per heavy atom. The first-order valence-electron chi connectivity index (χ1n) is 3.29. The molecule has 66 valence electrons. The van der Waals surface area contributed by atoms with Crippen molar-refractivity contribution in [3.8, 4) is 11.9 Å². The van der Waals surface area contributed by atoms with Crippen LogP contribution in [0.5, 0.6) is 5.88 Å². The van der Waals surface area contributed by atoms with E-state index in [0.29, 0.717) is 0 Å². The van der Waals surface area contributed by atoms with Gasteiger partial charge in [-0.1, -0.05) is 0 Å². The van der Waals surface area contributed by atoms with Crippen molar-refractivity contribution in [3.05, 3.63) is 18.1 Å². The number of aromatic nitrogens is 2. The average molecular weight is 179 g/mol. The molecule has 0 spiro atoms. The summed E-state index contributed by atoms with van der Waals surface area (Å²) in [4.78, 5) is 17.5. The van der Waals surface area contributed by atoms with Crippen molar-refractivity contribution in [2.45, 2.75) is 0 Å². The number of rotatable bonds is 3. The molecule has 0 aliphatic rings. The monoisotopic (exact) mass is 179 g/mol. The van der Waals surface area contributed by atoms with Gasteiger partial charge < -0.3 is 9.84 Å². The second kappa shape index (κ2) is 4.01. The molecule has 13 heavy (non-hydrogen) atoms. The molecular weight excluding hydrogens is 174 g/mol. The summed E-state index contributed by atoms with van der Waals surface area (Å²) in [5.74, 6) is -1.02. The van der Waals surface area contributed by atoms with E-state index >= 15 is 0 Å². The van der Waals surface area contributed by atoms with Crippen LogP contribution in [0.2, 0.25) is 0 Å². The fourth-order valence-corrected chi connectivity index (χ4v) is 0.607. The fraction of sp³-hybridized carbons (Fsp3) is 0.143. The Balaban J connectivity index is 2.71. The summed E-state index contributed by atoms with van der Waals surface area (Å²) in [5, 5.41) is 16.6. The Bertz CT molecular complexity index is 341. The van der Waals surface area contributed by atoms with Gasteiger partial charge in [0.15, 0.2) is 12.3 Å². The van der Waals surface area contributed by atoms with Gasteiger partial charge in [-0.3, -0.25) is 0 Å². The maximum absolute atomic E-state index is 10.3. The van der Waals surface area contributed by atoms with E-state index in [4.69, 9.17) is 15.1 Å². The molecule has 0 bridgehead atoms. The molecule has 0 radical (unpaired) electrons. The largest absolute Gasteiger partial charge is 0.476 e. The molecule has 0 unspecified atom stereocenters. The summed E-state index contributed by atoms with van der Waals surface area (Å²) >= 11 is 0. The van der Waals surface area contributed by atoms with Crippen LogP contribution in [-0.2, 0) is 0 Å². The van der Waals surface area contributed by atoms with Crippen molar-refractivity contribution in [3.63, 3.8) is 0 Å². The topological polar surface area (TPSA) is 96.1 Å². The van der Waals surface area contributed by atoms with Crippen LogP contribution in [0.15, 0.2) is 12.4 Å². The van der Waals surface area contributed by atoms with E-state index < -0.39 is 5.97 Å². The standard InChI is InChI=1S/C7H5N3O3/c8-1-2-13-6-4-9-5(3-10-6)7(11)12/h3-4H,2H2,(H,11,12). The lowest BCUT2D eigenvalue weighted by Gasteiger charge is -1.98. The maximum atomic E-state index is 10.3. The van der Waals surface area contributed by atoms with Gasteiger partial charge in [-0.15, -0.1) is 0 Å². The van der Waals surface area contributed by atoms with E-state index in [1.54, 1.807) is 6.07 Å². The molecule has 1 N–H and O–H groups in total. The van der Waals surface area contributed by atoms with Crippen molar-refractivity contribution in [2.75, 3.05) is 6.61 Å². The number of nitriles is 1. The molecule has 1 rings (SSSR count). The van der Waals surface area contributed by atoms with E-state index in [9.17, 15) is 4.79 Å². The zero-order chi connectivity index (χ0) is 9.68. The van der Waals surface area contributed by atoms with E-state index in [2.05, 4.69) is 9.97 Å². The zero-order valence-corrected chi connectivity index (χ0v) is 6.47. The minimum atomic E-state index is -1.15. The second-order valence-electron chi connectivity index (χ2n) is 1.99. The highest BCUT2D eigenvalue weighted by Gasteiger charge is 2.04. The van der Waals surface area contributed by atoms with Gasteiger partial charge >= 0.3 is 5.97 Å². The van der Waals surface area contributed by atoms with Crippen LogP contribution in [0.1, 0.15) is 10.5 Å². The first-order valence-corrected chi connectivity index (χ1v) is 3.29. The van der Waals surface area contributed by atoms with Crippen LogP contribution in [0, 0.1) is 11.3 Å². The van der Waals surface area contributed by atoms with Gasteiger partial charge in [-0.25, -0.2) is 14.8 Å². The minimum absolute atomic E-state index is 0.131. The summed E-state index contributed by atoms with van der Waals surface area (Å²) in [7, 11) is 0. The number of carbonyl (C=O) groups is 1.